The second-order valence-electron chi connectivity index (χ2n) is 9.36. The minimum atomic E-state index is -1.06. The highest BCUT2D eigenvalue weighted by Crippen LogP contribution is 2.41. The number of aliphatic imine (C=N–C) groups is 1. The van der Waals surface area contributed by atoms with Crippen LogP contribution in [0.4, 0.5) is 21.8 Å². The number of aromatic nitrogens is 2. The van der Waals surface area contributed by atoms with Crippen LogP contribution in [0.3, 0.4) is 0 Å². The largest absolute Gasteiger partial charge is 0.449 e. The standard InChI is InChI=1S/C29H23FN6O4/c30-18-10-11-20-22(16-18)39-25(24(20)36-12-14-38-15-13-36)28-34-35-29(40-28)33-26-27(37)31-21-9-5-4-8-19(21)23(32-26)17-6-2-1-3-7-17/h1-11,16,26H,12-15H2,(H,31,37)(H,33,35)/t26-/m1/s1. The zero-order valence-corrected chi connectivity index (χ0v) is 21.1. The van der Waals surface area contributed by atoms with Crippen LogP contribution in [0.25, 0.3) is 22.6 Å². The van der Waals surface area contributed by atoms with Gasteiger partial charge < -0.3 is 29.1 Å². The summed E-state index contributed by atoms with van der Waals surface area (Å²) >= 11 is 0. The molecule has 200 valence electrons. The number of benzodiazepines with no additional fused rings is 1. The Morgan fingerprint density at radius 2 is 1.75 bits per heavy atom. The van der Waals surface area contributed by atoms with E-state index in [2.05, 4.69) is 25.7 Å². The normalized spacial score (nSPS) is 17.2. The van der Waals surface area contributed by atoms with E-state index < -0.39 is 12.0 Å². The highest BCUT2D eigenvalue weighted by molar-refractivity contribution is 6.19. The molecule has 40 heavy (non-hydrogen) atoms. The molecule has 0 radical (unpaired) electrons. The Morgan fingerprint density at radius 3 is 2.60 bits per heavy atom. The highest BCUT2D eigenvalue weighted by atomic mass is 19.1. The molecule has 1 amide bonds. The highest BCUT2D eigenvalue weighted by Gasteiger charge is 2.30. The average molecular weight is 539 g/mol. The van der Waals surface area contributed by atoms with Crippen molar-refractivity contribution in [1.29, 1.82) is 0 Å². The molecule has 0 unspecified atom stereocenters. The topological polar surface area (TPSA) is 118 Å². The first-order chi connectivity index (χ1) is 19.6. The van der Waals surface area contributed by atoms with Crippen molar-refractivity contribution in [2.75, 3.05) is 41.8 Å². The van der Waals surface area contributed by atoms with Gasteiger partial charge in [0.1, 0.15) is 11.4 Å². The van der Waals surface area contributed by atoms with Crippen LogP contribution in [0.1, 0.15) is 11.1 Å². The third-order valence-corrected chi connectivity index (χ3v) is 6.83. The van der Waals surface area contributed by atoms with Crippen LogP contribution in [0.5, 0.6) is 0 Å². The van der Waals surface area contributed by atoms with E-state index in [-0.39, 0.29) is 17.8 Å². The number of furan rings is 1. The summed E-state index contributed by atoms with van der Waals surface area (Å²) in [5.74, 6) is -0.396. The minimum Gasteiger partial charge on any atom is -0.449 e. The average Bonchev–Trinajstić information content (AvgIpc) is 3.57. The quantitative estimate of drug-likeness (QED) is 0.331. The lowest BCUT2D eigenvalue weighted by molar-refractivity contribution is -0.116. The Morgan fingerprint density at radius 1 is 0.950 bits per heavy atom. The molecule has 3 aromatic carbocycles. The number of hydrogen-bond acceptors (Lipinski definition) is 9. The summed E-state index contributed by atoms with van der Waals surface area (Å²) in [5, 5.41) is 14.9. The number of anilines is 3. The van der Waals surface area contributed by atoms with Gasteiger partial charge in [-0.05, 0) is 18.2 Å². The number of fused-ring (bicyclic) bond motifs is 2. The van der Waals surface area contributed by atoms with E-state index in [1.165, 1.54) is 12.1 Å². The molecule has 1 fully saturated rings. The first kappa shape index (κ1) is 24.0. The lowest BCUT2D eigenvalue weighted by Crippen LogP contribution is -2.36. The summed E-state index contributed by atoms with van der Waals surface area (Å²) in [7, 11) is 0. The van der Waals surface area contributed by atoms with Crippen LogP contribution in [0.15, 0.2) is 86.6 Å². The van der Waals surface area contributed by atoms with E-state index in [4.69, 9.17) is 18.6 Å². The van der Waals surface area contributed by atoms with E-state index in [1.807, 2.05) is 54.6 Å². The van der Waals surface area contributed by atoms with Gasteiger partial charge in [-0.15, -0.1) is 5.10 Å². The van der Waals surface area contributed by atoms with E-state index in [1.54, 1.807) is 6.07 Å². The molecule has 0 bridgehead atoms. The molecule has 2 aliphatic heterocycles. The van der Waals surface area contributed by atoms with Crippen LogP contribution in [0, 0.1) is 5.82 Å². The Kier molecular flexibility index (Phi) is 5.97. The van der Waals surface area contributed by atoms with Gasteiger partial charge in [0, 0.05) is 35.7 Å². The Hall–Kier alpha value is -5.03. The van der Waals surface area contributed by atoms with Gasteiger partial charge in [-0.3, -0.25) is 4.79 Å². The fourth-order valence-electron chi connectivity index (χ4n) is 4.97. The number of hydrogen-bond donors (Lipinski definition) is 2. The number of morpholine rings is 1. The van der Waals surface area contributed by atoms with Crippen molar-refractivity contribution in [1.82, 2.24) is 10.2 Å². The molecule has 0 saturated carbocycles. The molecular weight excluding hydrogens is 515 g/mol. The third kappa shape index (κ3) is 4.35. The molecule has 4 heterocycles. The smallest absolute Gasteiger partial charge is 0.317 e. The molecule has 2 aromatic heterocycles. The Bertz CT molecular complexity index is 1740. The number of para-hydroxylation sites is 1. The summed E-state index contributed by atoms with van der Waals surface area (Å²) in [6.07, 6.45) is -1.06. The van der Waals surface area contributed by atoms with Gasteiger partial charge in [0.25, 0.3) is 11.8 Å². The van der Waals surface area contributed by atoms with Gasteiger partial charge >= 0.3 is 6.01 Å². The number of nitrogens with zero attached hydrogens (tertiary/aromatic N) is 4. The van der Waals surface area contributed by atoms with Crippen LogP contribution in [-0.4, -0.2) is 54.3 Å². The fraction of sp³-hybridized carbons (Fsp3) is 0.172. The predicted molar refractivity (Wildman–Crippen MR) is 147 cm³/mol. The summed E-state index contributed by atoms with van der Waals surface area (Å²) in [5.41, 5.74) is 4.02. The number of amides is 1. The maximum atomic E-state index is 14.0. The van der Waals surface area contributed by atoms with Crippen LogP contribution >= 0.6 is 0 Å². The molecule has 1 saturated heterocycles. The minimum absolute atomic E-state index is 0.0168. The predicted octanol–water partition coefficient (Wildman–Crippen LogP) is 4.69. The van der Waals surface area contributed by atoms with Gasteiger partial charge in [0.2, 0.25) is 11.9 Å². The van der Waals surface area contributed by atoms with E-state index in [0.717, 1.165) is 22.2 Å². The van der Waals surface area contributed by atoms with Crippen molar-refractivity contribution in [3.63, 3.8) is 0 Å². The molecular formula is C29H23FN6O4. The van der Waals surface area contributed by atoms with E-state index in [9.17, 15) is 9.18 Å². The van der Waals surface area contributed by atoms with Gasteiger partial charge in [-0.1, -0.05) is 53.6 Å². The molecule has 11 heteroatoms. The summed E-state index contributed by atoms with van der Waals surface area (Å²) in [4.78, 5) is 20.1. The second kappa shape index (κ2) is 9.93. The monoisotopic (exact) mass is 538 g/mol. The van der Waals surface area contributed by atoms with Crippen LogP contribution in [-0.2, 0) is 9.53 Å². The molecule has 2 aliphatic rings. The van der Waals surface area contributed by atoms with Gasteiger partial charge in [0.05, 0.1) is 30.3 Å². The van der Waals surface area contributed by atoms with Gasteiger partial charge in [-0.25, -0.2) is 9.38 Å². The lowest BCUT2D eigenvalue weighted by atomic mass is 10.0. The van der Waals surface area contributed by atoms with E-state index in [0.29, 0.717) is 49.0 Å². The number of halogens is 1. The number of carbonyl (C=O) groups excluding carboxylic acids is 1. The van der Waals surface area contributed by atoms with Crippen molar-refractivity contribution >= 4 is 40.0 Å². The Balaban J connectivity index is 1.25. The van der Waals surface area contributed by atoms with Crippen molar-refractivity contribution < 1.29 is 22.8 Å². The number of nitrogens with one attached hydrogen (secondary N) is 2. The van der Waals surface area contributed by atoms with Crippen molar-refractivity contribution in [2.45, 2.75) is 6.17 Å². The first-order valence-electron chi connectivity index (χ1n) is 12.8. The number of carbonyl (C=O) groups is 1. The summed E-state index contributed by atoms with van der Waals surface area (Å²) in [6.45, 7) is 2.34. The van der Waals surface area contributed by atoms with E-state index >= 15 is 0 Å². The van der Waals surface area contributed by atoms with Crippen molar-refractivity contribution in [3.05, 3.63) is 89.7 Å². The number of ether oxygens (including phenoxy) is 1. The van der Waals surface area contributed by atoms with Crippen molar-refractivity contribution in [2.24, 2.45) is 4.99 Å². The molecule has 7 rings (SSSR count). The summed E-state index contributed by atoms with van der Waals surface area (Å²) in [6, 6.07) is 21.5. The SMILES string of the molecule is O=C1Nc2ccccc2C(c2ccccc2)=N[C@@H]1Nc1nnc(-c2oc3cc(F)ccc3c2N2CCOCC2)o1. The zero-order chi connectivity index (χ0) is 27.1. The molecule has 2 N–H and O–H groups in total. The van der Waals surface area contributed by atoms with Gasteiger partial charge in [0.15, 0.2) is 0 Å². The Labute approximate surface area is 227 Å². The van der Waals surface area contributed by atoms with Crippen LogP contribution < -0.4 is 15.5 Å². The third-order valence-electron chi connectivity index (χ3n) is 6.83. The fourth-order valence-corrected chi connectivity index (χ4v) is 4.97. The zero-order valence-electron chi connectivity index (χ0n) is 21.1. The summed E-state index contributed by atoms with van der Waals surface area (Å²) < 4.78 is 31.5. The second-order valence-corrected chi connectivity index (χ2v) is 9.36. The number of benzene rings is 3. The molecule has 0 aliphatic carbocycles. The number of rotatable bonds is 5. The van der Waals surface area contributed by atoms with Gasteiger partial charge in [-0.2, -0.15) is 0 Å². The lowest BCUT2D eigenvalue weighted by Gasteiger charge is -2.28. The molecule has 1 atom stereocenters. The molecule has 5 aromatic rings. The maximum absolute atomic E-state index is 14.0. The van der Waals surface area contributed by atoms with Crippen LogP contribution in [0.2, 0.25) is 0 Å². The maximum Gasteiger partial charge on any atom is 0.317 e. The van der Waals surface area contributed by atoms with Crippen molar-refractivity contribution in [3.8, 4) is 11.7 Å². The first-order valence-corrected chi connectivity index (χ1v) is 12.8. The molecule has 10 nitrogen and oxygen atoms in total. The molecule has 0 spiro atoms.